The number of nitrogens with one attached hydrogen (secondary N) is 3. The van der Waals surface area contributed by atoms with Gasteiger partial charge in [-0.3, -0.25) is 14.9 Å². The molecular weight excluding hydrogens is 232 g/mol. The van der Waals surface area contributed by atoms with Crippen LogP contribution in [0.4, 0.5) is 0 Å². The molecule has 2 heterocycles. The van der Waals surface area contributed by atoms with Gasteiger partial charge in [-0.05, 0) is 12.8 Å². The highest BCUT2D eigenvalue weighted by molar-refractivity contribution is 5.81. The molecule has 18 heavy (non-hydrogen) atoms. The van der Waals surface area contributed by atoms with Crippen molar-refractivity contribution >= 4 is 5.91 Å². The maximum Gasteiger partial charge on any atom is 0.261 e. The molecule has 1 unspecified atom stereocenters. The van der Waals surface area contributed by atoms with Gasteiger partial charge in [0.2, 0.25) is 0 Å². The van der Waals surface area contributed by atoms with E-state index < -0.39 is 0 Å². The molecule has 1 aromatic rings. The summed E-state index contributed by atoms with van der Waals surface area (Å²) in [4.78, 5) is 24.6. The Morgan fingerprint density at radius 2 is 2.28 bits per heavy atom. The molecule has 1 saturated carbocycles. The monoisotopic (exact) mass is 250 g/mol. The van der Waals surface area contributed by atoms with E-state index in [1.165, 1.54) is 12.8 Å². The third-order valence-corrected chi connectivity index (χ3v) is 3.68. The topological polar surface area (TPSA) is 79.0 Å². The maximum absolute atomic E-state index is 11.9. The number of nitrogens with zero attached hydrogens (tertiary/aromatic N) is 1. The molecule has 6 heteroatoms. The third-order valence-electron chi connectivity index (χ3n) is 3.68. The fourth-order valence-corrected chi connectivity index (χ4v) is 2.57. The molecule has 1 atom stereocenters. The van der Waals surface area contributed by atoms with Gasteiger partial charge < -0.3 is 4.98 Å². The first kappa shape index (κ1) is 11.7. The van der Waals surface area contributed by atoms with E-state index in [9.17, 15) is 4.79 Å². The zero-order valence-corrected chi connectivity index (χ0v) is 10.2. The van der Waals surface area contributed by atoms with Gasteiger partial charge in [0.15, 0.2) is 0 Å². The average molecular weight is 250 g/mol. The van der Waals surface area contributed by atoms with Gasteiger partial charge in [-0.15, -0.1) is 0 Å². The normalized spacial score (nSPS) is 23.9. The molecule has 0 bridgehead atoms. The van der Waals surface area contributed by atoms with Gasteiger partial charge in [-0.25, -0.2) is 10.5 Å². The number of imidazole rings is 1. The predicted molar refractivity (Wildman–Crippen MR) is 64.4 cm³/mol. The molecule has 3 rings (SSSR count). The summed E-state index contributed by atoms with van der Waals surface area (Å²) in [6.07, 6.45) is 6.94. The van der Waals surface area contributed by atoms with Gasteiger partial charge in [0, 0.05) is 13.0 Å². The Kier molecular flexibility index (Phi) is 3.29. The lowest BCUT2D eigenvalue weighted by atomic mass is 10.1. The Balaban J connectivity index is 1.51. The zero-order chi connectivity index (χ0) is 12.4. The van der Waals surface area contributed by atoms with Crippen molar-refractivity contribution < 1.29 is 9.63 Å². The minimum absolute atomic E-state index is 0.101. The Morgan fingerprint density at radius 1 is 1.44 bits per heavy atom. The van der Waals surface area contributed by atoms with Crippen LogP contribution in [0.2, 0.25) is 0 Å². The number of fused-ring (bicyclic) bond motifs is 1. The Hall–Kier alpha value is -1.40. The zero-order valence-electron chi connectivity index (χ0n) is 10.2. The average Bonchev–Trinajstić information content (AvgIpc) is 3.05. The molecule has 2 aliphatic rings. The van der Waals surface area contributed by atoms with Crippen LogP contribution in [0.1, 0.15) is 37.1 Å². The molecule has 0 aromatic carbocycles. The summed E-state index contributed by atoms with van der Waals surface area (Å²) in [7, 11) is 0. The van der Waals surface area contributed by atoms with E-state index in [-0.39, 0.29) is 18.1 Å². The van der Waals surface area contributed by atoms with Gasteiger partial charge in [0.1, 0.15) is 0 Å². The van der Waals surface area contributed by atoms with E-state index in [4.69, 9.17) is 4.84 Å². The number of aromatic amines is 1. The molecule has 6 nitrogen and oxygen atoms in total. The van der Waals surface area contributed by atoms with Crippen LogP contribution in [0.5, 0.6) is 0 Å². The summed E-state index contributed by atoms with van der Waals surface area (Å²) in [5.41, 5.74) is 4.61. The van der Waals surface area contributed by atoms with Crippen LogP contribution in [0.3, 0.4) is 0 Å². The van der Waals surface area contributed by atoms with Crippen molar-refractivity contribution in [3.63, 3.8) is 0 Å². The van der Waals surface area contributed by atoms with Crippen LogP contribution in [0.25, 0.3) is 0 Å². The van der Waals surface area contributed by atoms with Crippen LogP contribution in [-0.4, -0.2) is 28.0 Å². The largest absolute Gasteiger partial charge is 0.347 e. The first-order valence-corrected chi connectivity index (χ1v) is 6.53. The van der Waals surface area contributed by atoms with Crippen LogP contribution >= 0.6 is 0 Å². The lowest BCUT2D eigenvalue weighted by Gasteiger charge is -2.22. The predicted octanol–water partition coefficient (Wildman–Crippen LogP) is 0.414. The molecule has 1 aliphatic heterocycles. The molecule has 1 aromatic heterocycles. The van der Waals surface area contributed by atoms with Crippen LogP contribution in [0.15, 0.2) is 6.33 Å². The quantitative estimate of drug-likeness (QED) is 0.679. The van der Waals surface area contributed by atoms with Crippen molar-refractivity contribution in [2.45, 2.75) is 50.8 Å². The Labute approximate surface area is 105 Å². The highest BCUT2D eigenvalue weighted by Gasteiger charge is 2.26. The highest BCUT2D eigenvalue weighted by Crippen LogP contribution is 2.20. The van der Waals surface area contributed by atoms with Crippen molar-refractivity contribution in [2.75, 3.05) is 0 Å². The van der Waals surface area contributed by atoms with Crippen LogP contribution < -0.4 is 10.8 Å². The summed E-state index contributed by atoms with van der Waals surface area (Å²) in [6.45, 7) is 0.650. The molecule has 0 saturated heterocycles. The highest BCUT2D eigenvalue weighted by atomic mass is 16.7. The summed E-state index contributed by atoms with van der Waals surface area (Å²) >= 11 is 0. The lowest BCUT2D eigenvalue weighted by molar-refractivity contribution is -0.140. The van der Waals surface area contributed by atoms with Gasteiger partial charge in [-0.1, -0.05) is 12.8 Å². The van der Waals surface area contributed by atoms with Crippen molar-refractivity contribution in [2.24, 2.45) is 0 Å². The first-order chi connectivity index (χ1) is 8.83. The number of hydroxylamine groups is 1. The molecule has 1 fully saturated rings. The first-order valence-electron chi connectivity index (χ1n) is 6.53. The van der Waals surface area contributed by atoms with Crippen LogP contribution in [0, 0.1) is 0 Å². The number of aromatic nitrogens is 2. The SMILES string of the molecule is O=C(NOC1CCCC1)C1Cc2nc[nH]c2CN1. The van der Waals surface area contributed by atoms with Gasteiger partial charge in [0.05, 0.1) is 29.9 Å². The third kappa shape index (κ3) is 2.39. The van der Waals surface area contributed by atoms with Gasteiger partial charge in [0.25, 0.3) is 5.91 Å². The number of carbonyl (C=O) groups is 1. The van der Waals surface area contributed by atoms with Crippen molar-refractivity contribution in [3.8, 4) is 0 Å². The van der Waals surface area contributed by atoms with Gasteiger partial charge >= 0.3 is 0 Å². The fourth-order valence-electron chi connectivity index (χ4n) is 2.57. The molecule has 1 amide bonds. The second-order valence-corrected chi connectivity index (χ2v) is 4.96. The van der Waals surface area contributed by atoms with E-state index in [0.29, 0.717) is 13.0 Å². The van der Waals surface area contributed by atoms with Crippen LogP contribution in [-0.2, 0) is 22.6 Å². The maximum atomic E-state index is 11.9. The molecule has 1 aliphatic carbocycles. The van der Waals surface area contributed by atoms with E-state index in [2.05, 4.69) is 20.8 Å². The molecule has 0 radical (unpaired) electrons. The van der Waals surface area contributed by atoms with E-state index in [0.717, 1.165) is 24.2 Å². The van der Waals surface area contributed by atoms with Gasteiger partial charge in [-0.2, -0.15) is 0 Å². The van der Waals surface area contributed by atoms with Crippen molar-refractivity contribution in [3.05, 3.63) is 17.7 Å². The van der Waals surface area contributed by atoms with Crippen molar-refractivity contribution in [1.29, 1.82) is 0 Å². The van der Waals surface area contributed by atoms with E-state index >= 15 is 0 Å². The molecule has 0 spiro atoms. The Bertz CT molecular complexity index is 425. The second kappa shape index (κ2) is 5.07. The number of hydrogen-bond acceptors (Lipinski definition) is 4. The molecule has 3 N–H and O–H groups in total. The standard InChI is InChI=1S/C12H18N4O2/c17-12(16-18-8-3-1-2-4-8)10-5-9-11(6-13-10)15-7-14-9/h7-8,10,13H,1-6H2,(H,14,15)(H,16,17). The lowest BCUT2D eigenvalue weighted by Crippen LogP contribution is -2.48. The smallest absolute Gasteiger partial charge is 0.261 e. The summed E-state index contributed by atoms with van der Waals surface area (Å²) < 4.78 is 0. The minimum atomic E-state index is -0.248. The summed E-state index contributed by atoms with van der Waals surface area (Å²) in [6, 6.07) is -0.248. The fraction of sp³-hybridized carbons (Fsp3) is 0.667. The summed E-state index contributed by atoms with van der Waals surface area (Å²) in [5.74, 6) is -0.101. The number of H-pyrrole nitrogens is 1. The molecular formula is C12H18N4O2. The summed E-state index contributed by atoms with van der Waals surface area (Å²) in [5, 5.41) is 3.17. The Morgan fingerprint density at radius 3 is 3.11 bits per heavy atom. The van der Waals surface area contributed by atoms with Crippen molar-refractivity contribution in [1.82, 2.24) is 20.8 Å². The number of carbonyl (C=O) groups excluding carboxylic acids is 1. The number of hydrogen-bond donors (Lipinski definition) is 3. The number of amides is 1. The van der Waals surface area contributed by atoms with E-state index in [1.54, 1.807) is 6.33 Å². The van der Waals surface area contributed by atoms with E-state index in [1.807, 2.05) is 0 Å². The minimum Gasteiger partial charge on any atom is -0.347 e. The second-order valence-electron chi connectivity index (χ2n) is 4.96. The number of rotatable bonds is 3. The molecule has 98 valence electrons.